The SMILES string of the molecule is CN(CC(=O)Nc1nnc(SCC(=O)N2CCC(Cc3ccccc3)CC2)s1)S(C)(=O)=O. The molecule has 1 saturated heterocycles. The van der Waals surface area contributed by atoms with Gasteiger partial charge in [0.1, 0.15) is 0 Å². The Morgan fingerprint density at radius 3 is 2.56 bits per heavy atom. The molecule has 3 rings (SSSR count). The summed E-state index contributed by atoms with van der Waals surface area (Å²) in [6, 6.07) is 10.4. The van der Waals surface area contributed by atoms with Crippen LogP contribution in [-0.4, -0.2) is 78.3 Å². The molecule has 1 N–H and O–H groups in total. The number of nitrogens with one attached hydrogen (secondary N) is 1. The predicted octanol–water partition coefficient (Wildman–Crippen LogP) is 1.94. The Labute approximate surface area is 196 Å². The molecule has 9 nitrogen and oxygen atoms in total. The number of amides is 2. The summed E-state index contributed by atoms with van der Waals surface area (Å²) in [5.74, 6) is 0.442. The summed E-state index contributed by atoms with van der Waals surface area (Å²) >= 11 is 2.44. The second kappa shape index (κ2) is 11.2. The molecule has 0 atom stereocenters. The molecule has 174 valence electrons. The predicted molar refractivity (Wildman–Crippen MR) is 126 cm³/mol. The zero-order valence-electron chi connectivity index (χ0n) is 18.1. The Balaban J connectivity index is 1.39. The van der Waals surface area contributed by atoms with Crippen molar-refractivity contribution < 1.29 is 18.0 Å². The highest BCUT2D eigenvalue weighted by molar-refractivity contribution is 8.01. The number of aromatic nitrogens is 2. The van der Waals surface area contributed by atoms with Crippen LogP contribution in [0, 0.1) is 5.92 Å². The molecule has 32 heavy (non-hydrogen) atoms. The molecular formula is C20H27N5O4S3. The molecule has 0 aliphatic carbocycles. The van der Waals surface area contributed by atoms with E-state index in [-0.39, 0.29) is 23.3 Å². The molecule has 2 amide bonds. The van der Waals surface area contributed by atoms with Gasteiger partial charge in [0.2, 0.25) is 27.0 Å². The van der Waals surface area contributed by atoms with E-state index in [1.54, 1.807) is 0 Å². The van der Waals surface area contributed by atoms with Crippen molar-refractivity contribution in [1.29, 1.82) is 0 Å². The first-order chi connectivity index (χ1) is 15.2. The summed E-state index contributed by atoms with van der Waals surface area (Å²) < 4.78 is 24.3. The number of hydrogen-bond donors (Lipinski definition) is 1. The van der Waals surface area contributed by atoms with Gasteiger partial charge in [-0.1, -0.05) is 53.4 Å². The second-order valence-electron chi connectivity index (χ2n) is 7.74. The molecule has 1 aromatic heterocycles. The molecule has 12 heteroatoms. The van der Waals surface area contributed by atoms with Crippen LogP contribution in [0.5, 0.6) is 0 Å². The summed E-state index contributed by atoms with van der Waals surface area (Å²) in [7, 11) is -2.11. The number of rotatable bonds is 9. The largest absolute Gasteiger partial charge is 0.342 e. The minimum atomic E-state index is -3.44. The lowest BCUT2D eigenvalue weighted by Gasteiger charge is -2.32. The van der Waals surface area contributed by atoms with Crippen molar-refractivity contribution >= 4 is 50.1 Å². The van der Waals surface area contributed by atoms with Crippen LogP contribution in [0.25, 0.3) is 0 Å². The number of thioether (sulfide) groups is 1. The third kappa shape index (κ3) is 7.54. The number of likely N-dealkylation sites (tertiary alicyclic amines) is 1. The molecule has 2 heterocycles. The van der Waals surface area contributed by atoms with E-state index in [0.29, 0.717) is 10.3 Å². The average Bonchev–Trinajstić information content (AvgIpc) is 3.19. The van der Waals surface area contributed by atoms with Crippen LogP contribution in [0.4, 0.5) is 5.13 Å². The summed E-state index contributed by atoms with van der Waals surface area (Å²) in [5, 5.41) is 10.7. The molecule has 0 unspecified atom stereocenters. The summed E-state index contributed by atoms with van der Waals surface area (Å²) in [6.07, 6.45) is 4.09. The van der Waals surface area contributed by atoms with Crippen molar-refractivity contribution in [3.63, 3.8) is 0 Å². The van der Waals surface area contributed by atoms with Gasteiger partial charge < -0.3 is 4.90 Å². The highest BCUT2D eigenvalue weighted by atomic mass is 32.2. The van der Waals surface area contributed by atoms with E-state index >= 15 is 0 Å². The van der Waals surface area contributed by atoms with Crippen molar-refractivity contribution in [2.24, 2.45) is 5.92 Å². The summed E-state index contributed by atoms with van der Waals surface area (Å²) in [4.78, 5) is 26.4. The lowest BCUT2D eigenvalue weighted by molar-refractivity contribution is -0.129. The van der Waals surface area contributed by atoms with E-state index < -0.39 is 15.9 Å². The number of carbonyl (C=O) groups is 2. The van der Waals surface area contributed by atoms with E-state index in [4.69, 9.17) is 0 Å². The number of sulfonamides is 1. The molecular weight excluding hydrogens is 470 g/mol. The number of hydrogen-bond acceptors (Lipinski definition) is 8. The Morgan fingerprint density at radius 2 is 1.91 bits per heavy atom. The van der Waals surface area contributed by atoms with Gasteiger partial charge in [0.25, 0.3) is 0 Å². The zero-order chi connectivity index (χ0) is 23.1. The van der Waals surface area contributed by atoms with Gasteiger partial charge in [0.15, 0.2) is 4.34 Å². The van der Waals surface area contributed by atoms with Gasteiger partial charge in [-0.25, -0.2) is 8.42 Å². The van der Waals surface area contributed by atoms with Gasteiger partial charge in [-0.3, -0.25) is 14.9 Å². The Kier molecular flexibility index (Phi) is 8.63. The number of likely N-dealkylation sites (N-methyl/N-ethyl adjacent to an activating group) is 1. The number of nitrogens with zero attached hydrogens (tertiary/aromatic N) is 4. The number of benzene rings is 1. The van der Waals surface area contributed by atoms with Crippen LogP contribution in [0.3, 0.4) is 0 Å². The average molecular weight is 498 g/mol. The monoisotopic (exact) mass is 497 g/mol. The van der Waals surface area contributed by atoms with Crippen LogP contribution in [0.15, 0.2) is 34.7 Å². The van der Waals surface area contributed by atoms with Crippen molar-refractivity contribution in [1.82, 2.24) is 19.4 Å². The number of anilines is 1. The van der Waals surface area contributed by atoms with Gasteiger partial charge in [-0.2, -0.15) is 4.31 Å². The fraction of sp³-hybridized carbons (Fsp3) is 0.500. The fourth-order valence-corrected chi connectivity index (χ4v) is 5.37. The third-order valence-electron chi connectivity index (χ3n) is 5.24. The van der Waals surface area contributed by atoms with Crippen LogP contribution < -0.4 is 5.32 Å². The molecule has 0 spiro atoms. The first-order valence-electron chi connectivity index (χ1n) is 10.2. The molecule has 1 aliphatic rings. The minimum absolute atomic E-state index is 0.0729. The van der Waals surface area contributed by atoms with Crippen LogP contribution in [0.1, 0.15) is 18.4 Å². The molecule has 0 saturated carbocycles. The molecule has 0 radical (unpaired) electrons. The lowest BCUT2D eigenvalue weighted by atomic mass is 9.90. The zero-order valence-corrected chi connectivity index (χ0v) is 20.5. The maximum absolute atomic E-state index is 12.6. The Morgan fingerprint density at radius 1 is 1.22 bits per heavy atom. The first-order valence-corrected chi connectivity index (χ1v) is 13.8. The van der Waals surface area contributed by atoms with E-state index in [9.17, 15) is 18.0 Å². The van der Waals surface area contributed by atoms with Crippen molar-refractivity contribution in [3.8, 4) is 0 Å². The Bertz CT molecular complexity index is 1020. The van der Waals surface area contributed by atoms with E-state index in [2.05, 4.69) is 39.8 Å². The van der Waals surface area contributed by atoms with Crippen LogP contribution in [0.2, 0.25) is 0 Å². The highest BCUT2D eigenvalue weighted by Crippen LogP contribution is 2.27. The maximum Gasteiger partial charge on any atom is 0.241 e. The summed E-state index contributed by atoms with van der Waals surface area (Å²) in [5.41, 5.74) is 1.34. The minimum Gasteiger partial charge on any atom is -0.342 e. The van der Waals surface area contributed by atoms with Gasteiger partial charge in [-0.15, -0.1) is 10.2 Å². The van der Waals surface area contributed by atoms with E-state index in [1.807, 2.05) is 11.0 Å². The molecule has 2 aromatic rings. The van der Waals surface area contributed by atoms with Gasteiger partial charge in [0, 0.05) is 20.1 Å². The van der Waals surface area contributed by atoms with Gasteiger partial charge >= 0.3 is 0 Å². The normalized spacial score (nSPS) is 15.2. The second-order valence-corrected chi connectivity index (χ2v) is 12.0. The number of carbonyl (C=O) groups excluding carboxylic acids is 2. The van der Waals surface area contributed by atoms with Crippen molar-refractivity contribution in [3.05, 3.63) is 35.9 Å². The van der Waals surface area contributed by atoms with Crippen molar-refractivity contribution in [2.75, 3.05) is 44.0 Å². The van der Waals surface area contributed by atoms with Crippen molar-refractivity contribution in [2.45, 2.75) is 23.6 Å². The molecule has 1 fully saturated rings. The van der Waals surface area contributed by atoms with Crippen LogP contribution in [-0.2, 0) is 26.0 Å². The van der Waals surface area contributed by atoms with E-state index in [1.165, 1.54) is 24.4 Å². The standard InChI is InChI=1S/C20H27N5O4S3/c1-24(32(2,28)29)13-17(26)21-19-22-23-20(31-19)30-14-18(27)25-10-8-16(9-11-25)12-15-6-4-3-5-7-15/h3-7,16H,8-14H2,1-2H3,(H,21,22,26). The quantitative estimate of drug-likeness (QED) is 0.416. The molecule has 1 aromatic carbocycles. The fourth-order valence-electron chi connectivity index (χ4n) is 3.35. The smallest absolute Gasteiger partial charge is 0.241 e. The molecule has 1 aliphatic heterocycles. The van der Waals surface area contributed by atoms with Crippen LogP contribution >= 0.6 is 23.1 Å². The topological polar surface area (TPSA) is 113 Å². The van der Waals surface area contributed by atoms with Gasteiger partial charge in [0.05, 0.1) is 18.6 Å². The highest BCUT2D eigenvalue weighted by Gasteiger charge is 2.23. The third-order valence-corrected chi connectivity index (χ3v) is 8.46. The van der Waals surface area contributed by atoms with E-state index in [0.717, 1.165) is 54.2 Å². The lowest BCUT2D eigenvalue weighted by Crippen LogP contribution is -2.39. The Hall–Kier alpha value is -2.02. The van der Waals surface area contributed by atoms with Gasteiger partial charge in [-0.05, 0) is 30.7 Å². The first kappa shape index (κ1) is 24.6. The molecule has 0 bridgehead atoms. The number of piperidine rings is 1. The summed E-state index contributed by atoms with van der Waals surface area (Å²) in [6.45, 7) is 1.23. The maximum atomic E-state index is 12.6.